The summed E-state index contributed by atoms with van der Waals surface area (Å²) in [6, 6.07) is 6.41. The maximum absolute atomic E-state index is 13.6. The molecule has 4 heterocycles. The number of cyclic esters (lactones) is 1. The number of aliphatic hydroxyl groups is 1. The molecule has 0 saturated carbocycles. The van der Waals surface area contributed by atoms with E-state index in [4.69, 9.17) is 14.5 Å². The fourth-order valence-electron chi connectivity index (χ4n) is 4.91. The van der Waals surface area contributed by atoms with Crippen LogP contribution in [-0.2, 0) is 32.9 Å². The molecule has 0 aliphatic carbocycles. The van der Waals surface area contributed by atoms with Gasteiger partial charge in [0.2, 0.25) is 0 Å². The molecule has 2 N–H and O–H groups in total. The van der Waals surface area contributed by atoms with Crippen molar-refractivity contribution in [1.29, 1.82) is 0 Å². The minimum Gasteiger partial charge on any atom is -0.508 e. The van der Waals surface area contributed by atoms with Gasteiger partial charge in [0, 0.05) is 16.5 Å². The van der Waals surface area contributed by atoms with Gasteiger partial charge in [-0.05, 0) is 42.7 Å². The number of phenols is 1. The van der Waals surface area contributed by atoms with Gasteiger partial charge in [-0.3, -0.25) is 9.36 Å². The Balaban J connectivity index is 1.87. The van der Waals surface area contributed by atoms with Crippen molar-refractivity contribution in [2.75, 3.05) is 13.3 Å². The summed E-state index contributed by atoms with van der Waals surface area (Å²) in [7, 11) is 0. The Morgan fingerprint density at radius 3 is 2.79 bits per heavy atom. The number of hydrogen-bond donors (Lipinski definition) is 2. The molecule has 2 atom stereocenters. The van der Waals surface area contributed by atoms with Crippen LogP contribution in [0, 0.1) is 0 Å². The zero-order valence-electron chi connectivity index (χ0n) is 18.2. The molecule has 3 aromatic rings. The van der Waals surface area contributed by atoms with E-state index in [9.17, 15) is 24.2 Å². The molecular weight excluding hydrogens is 431 g/mol. The number of alkyl halides is 1. The summed E-state index contributed by atoms with van der Waals surface area (Å²) in [6.07, 6.45) is -0.366. The second kappa shape index (κ2) is 7.64. The molecule has 172 valence electrons. The van der Waals surface area contributed by atoms with Crippen LogP contribution in [-0.4, -0.2) is 39.0 Å². The zero-order valence-corrected chi connectivity index (χ0v) is 18.2. The molecule has 2 aromatic heterocycles. The Kier molecular flexibility index (Phi) is 4.98. The summed E-state index contributed by atoms with van der Waals surface area (Å²) >= 11 is 0. The van der Waals surface area contributed by atoms with Gasteiger partial charge in [0.25, 0.3) is 5.56 Å². The number of aryl methyl sites for hydroxylation is 1. The van der Waals surface area contributed by atoms with E-state index in [1.807, 2.05) is 6.92 Å². The number of benzene rings is 1. The van der Waals surface area contributed by atoms with Crippen LogP contribution in [0.4, 0.5) is 4.39 Å². The van der Waals surface area contributed by atoms with Crippen LogP contribution in [0.3, 0.4) is 0 Å². The first-order valence-corrected chi connectivity index (χ1v) is 10.9. The van der Waals surface area contributed by atoms with Crippen molar-refractivity contribution in [2.24, 2.45) is 0 Å². The second-order valence-corrected chi connectivity index (χ2v) is 8.21. The molecule has 0 saturated heterocycles. The lowest BCUT2D eigenvalue weighted by Gasteiger charge is -2.32. The fourth-order valence-corrected chi connectivity index (χ4v) is 4.91. The van der Waals surface area contributed by atoms with E-state index in [2.05, 4.69) is 0 Å². The van der Waals surface area contributed by atoms with Crippen LogP contribution in [0.1, 0.15) is 48.8 Å². The summed E-state index contributed by atoms with van der Waals surface area (Å²) in [6.45, 7) is 2.32. The quantitative estimate of drug-likeness (QED) is 0.571. The average Bonchev–Trinajstić information content (AvgIpc) is 3.12. The van der Waals surface area contributed by atoms with Crippen LogP contribution >= 0.6 is 0 Å². The number of phenolic OH excluding ortho intramolecular Hbond substituents is 1. The molecule has 0 amide bonds. The van der Waals surface area contributed by atoms with Gasteiger partial charge < -0.3 is 19.7 Å². The number of carbonyl (C=O) groups is 1. The molecule has 0 radical (unpaired) electrons. The van der Waals surface area contributed by atoms with E-state index < -0.39 is 30.0 Å². The van der Waals surface area contributed by atoms with Crippen molar-refractivity contribution < 1.29 is 28.9 Å². The van der Waals surface area contributed by atoms with Crippen molar-refractivity contribution in [2.45, 2.75) is 45.1 Å². The van der Waals surface area contributed by atoms with E-state index in [0.29, 0.717) is 34.3 Å². The molecule has 0 bridgehead atoms. The first-order valence-electron chi connectivity index (χ1n) is 10.9. The molecule has 33 heavy (non-hydrogen) atoms. The number of aromatic hydroxyl groups is 1. The summed E-state index contributed by atoms with van der Waals surface area (Å²) in [5.41, 5.74) is 0.787. The number of halogens is 1. The SMILES string of the molecule is CCc1c2c(nc3ccc(O)cc13)-c1cc3c(c(=O)n1C2OCCF)COC(=O)[C@]3(O)CC. The molecule has 8 nitrogen and oxygen atoms in total. The predicted octanol–water partition coefficient (Wildman–Crippen LogP) is 2.83. The third-order valence-electron chi connectivity index (χ3n) is 6.53. The highest BCUT2D eigenvalue weighted by atomic mass is 19.1. The number of nitrogens with zero attached hydrogens (tertiary/aromatic N) is 2. The van der Waals surface area contributed by atoms with Gasteiger partial charge in [0.1, 0.15) is 19.0 Å². The molecule has 0 fully saturated rings. The highest BCUT2D eigenvalue weighted by molar-refractivity contribution is 5.90. The van der Waals surface area contributed by atoms with Crippen LogP contribution < -0.4 is 5.56 Å². The van der Waals surface area contributed by atoms with Crippen LogP contribution in [0.2, 0.25) is 0 Å². The van der Waals surface area contributed by atoms with E-state index >= 15 is 0 Å². The maximum Gasteiger partial charge on any atom is 0.343 e. The summed E-state index contributed by atoms with van der Waals surface area (Å²) in [4.78, 5) is 30.8. The molecule has 1 aromatic carbocycles. The molecule has 1 unspecified atom stereocenters. The van der Waals surface area contributed by atoms with Gasteiger partial charge in [0.05, 0.1) is 29.1 Å². The van der Waals surface area contributed by atoms with E-state index in [0.717, 1.165) is 5.56 Å². The Morgan fingerprint density at radius 1 is 1.30 bits per heavy atom. The number of esters is 1. The third-order valence-corrected chi connectivity index (χ3v) is 6.53. The minimum atomic E-state index is -1.95. The normalized spacial score (nSPS) is 21.0. The fraction of sp³-hybridized carbons (Fsp3) is 0.375. The molecule has 2 aliphatic heterocycles. The van der Waals surface area contributed by atoms with Crippen LogP contribution in [0.25, 0.3) is 22.3 Å². The van der Waals surface area contributed by atoms with Gasteiger partial charge in [0.15, 0.2) is 11.8 Å². The Labute approximate surface area is 188 Å². The Hall–Kier alpha value is -3.30. The average molecular weight is 454 g/mol. The number of pyridine rings is 2. The van der Waals surface area contributed by atoms with Crippen molar-refractivity contribution in [3.8, 4) is 17.1 Å². The van der Waals surface area contributed by atoms with Crippen molar-refractivity contribution in [3.05, 3.63) is 56.9 Å². The van der Waals surface area contributed by atoms with Gasteiger partial charge >= 0.3 is 5.97 Å². The second-order valence-electron chi connectivity index (χ2n) is 8.21. The molecule has 0 spiro atoms. The molecule has 9 heteroatoms. The smallest absolute Gasteiger partial charge is 0.343 e. The number of ether oxygens (including phenoxy) is 2. The van der Waals surface area contributed by atoms with E-state index in [1.165, 1.54) is 10.6 Å². The summed E-state index contributed by atoms with van der Waals surface area (Å²) < 4.78 is 25.4. The third kappa shape index (κ3) is 2.92. The van der Waals surface area contributed by atoms with Gasteiger partial charge in [-0.2, -0.15) is 0 Å². The van der Waals surface area contributed by atoms with Crippen molar-refractivity contribution >= 4 is 16.9 Å². The van der Waals surface area contributed by atoms with Crippen molar-refractivity contribution in [3.63, 3.8) is 0 Å². The lowest BCUT2D eigenvalue weighted by Crippen LogP contribution is -2.44. The zero-order chi connectivity index (χ0) is 23.5. The van der Waals surface area contributed by atoms with Crippen LogP contribution in [0.5, 0.6) is 5.75 Å². The standard InChI is InChI=1S/C24H23FN2O6/c1-3-13-14-9-12(28)5-6-17(14)26-20-18-10-16-15(11-33-23(30)24(16,31)4-2)21(29)27(18)22(19(13)20)32-8-7-25/h5-6,9-10,22,28,31H,3-4,7-8,11H2,1-2H3/t22?,24-/m0/s1. The maximum atomic E-state index is 13.6. The first-order chi connectivity index (χ1) is 15.8. The van der Waals surface area contributed by atoms with Gasteiger partial charge in [-0.25, -0.2) is 14.2 Å². The lowest BCUT2D eigenvalue weighted by molar-refractivity contribution is -0.172. The lowest BCUT2D eigenvalue weighted by atomic mass is 9.86. The molecule has 2 aliphatic rings. The number of carbonyl (C=O) groups excluding carboxylic acids is 1. The minimum absolute atomic E-state index is 0.0288. The predicted molar refractivity (Wildman–Crippen MR) is 117 cm³/mol. The van der Waals surface area contributed by atoms with E-state index in [-0.39, 0.29) is 36.5 Å². The highest BCUT2D eigenvalue weighted by Gasteiger charge is 2.46. The summed E-state index contributed by atoms with van der Waals surface area (Å²) in [5, 5.41) is 21.8. The monoisotopic (exact) mass is 454 g/mol. The van der Waals surface area contributed by atoms with Gasteiger partial charge in [-0.15, -0.1) is 0 Å². The van der Waals surface area contributed by atoms with Crippen molar-refractivity contribution in [1.82, 2.24) is 9.55 Å². The summed E-state index contributed by atoms with van der Waals surface area (Å²) in [5.74, 6) is -0.728. The largest absolute Gasteiger partial charge is 0.508 e. The number of fused-ring (bicyclic) bond motifs is 5. The number of aromatic nitrogens is 2. The van der Waals surface area contributed by atoms with E-state index in [1.54, 1.807) is 25.1 Å². The molecule has 5 rings (SSSR count). The number of rotatable bonds is 5. The van der Waals surface area contributed by atoms with Crippen LogP contribution in [0.15, 0.2) is 29.1 Å². The number of hydrogen-bond acceptors (Lipinski definition) is 7. The Morgan fingerprint density at radius 2 is 2.09 bits per heavy atom. The first kappa shape index (κ1) is 21.5. The van der Waals surface area contributed by atoms with Gasteiger partial charge in [-0.1, -0.05) is 13.8 Å². The topological polar surface area (TPSA) is 111 Å². The molecular formula is C24H23FN2O6. The Bertz CT molecular complexity index is 1370. The highest BCUT2D eigenvalue weighted by Crippen LogP contribution is 2.45.